The Hall–Kier alpha value is -2.47. The summed E-state index contributed by atoms with van der Waals surface area (Å²) in [4.78, 5) is 24.6. The van der Waals surface area contributed by atoms with Gasteiger partial charge in [-0.25, -0.2) is 0 Å². The van der Waals surface area contributed by atoms with Gasteiger partial charge in [-0.1, -0.05) is 32.0 Å². The molecule has 0 fully saturated rings. The highest BCUT2D eigenvalue weighted by Crippen LogP contribution is 2.22. The summed E-state index contributed by atoms with van der Waals surface area (Å²) >= 11 is 0. The summed E-state index contributed by atoms with van der Waals surface area (Å²) in [7, 11) is 0.324. The summed E-state index contributed by atoms with van der Waals surface area (Å²) in [6.07, 6.45) is 1.93. The molecular formula is C23H29NO4S. The number of rotatable bonds is 11. The topological polar surface area (TPSA) is 72.5 Å². The van der Waals surface area contributed by atoms with E-state index in [0.29, 0.717) is 29.9 Å². The van der Waals surface area contributed by atoms with Crippen LogP contribution in [0.4, 0.5) is 0 Å². The lowest BCUT2D eigenvalue weighted by Gasteiger charge is -2.26. The summed E-state index contributed by atoms with van der Waals surface area (Å²) in [5.41, 5.74) is 0.512. The highest BCUT2D eigenvalue weighted by atomic mass is 32.2. The van der Waals surface area contributed by atoms with Gasteiger partial charge in [0.2, 0.25) is 0 Å². The maximum absolute atomic E-state index is 12.8. The van der Waals surface area contributed by atoms with Crippen LogP contribution < -0.4 is 10.1 Å². The highest BCUT2D eigenvalue weighted by Gasteiger charge is 2.23. The Labute approximate surface area is 175 Å². The normalized spacial score (nSPS) is 14.1. The van der Waals surface area contributed by atoms with Crippen LogP contribution in [-0.4, -0.2) is 35.3 Å². The van der Waals surface area contributed by atoms with Crippen molar-refractivity contribution in [3.63, 3.8) is 0 Å². The molecule has 0 bridgehead atoms. The second-order valence-corrected chi connectivity index (χ2v) is 8.86. The molecule has 0 spiro atoms. The lowest BCUT2D eigenvalue weighted by Crippen LogP contribution is -2.40. The fourth-order valence-corrected chi connectivity index (χ4v) is 4.40. The average molecular weight is 416 g/mol. The Bertz CT molecular complexity index is 805. The SMILES string of the molecule is COc1ccc(C(=O)N[C@H](C[C@H](CC=O)C(C)C)CS(=O)c2ccccc2)cc1. The van der Waals surface area contributed by atoms with E-state index in [2.05, 4.69) is 19.2 Å². The molecule has 1 N–H and O–H groups in total. The fourth-order valence-electron chi connectivity index (χ4n) is 3.16. The van der Waals surface area contributed by atoms with E-state index >= 15 is 0 Å². The molecule has 0 radical (unpaired) electrons. The largest absolute Gasteiger partial charge is 0.497 e. The maximum Gasteiger partial charge on any atom is 0.251 e. The second kappa shape index (κ2) is 11.5. The number of carbonyl (C=O) groups excluding carboxylic acids is 2. The third-order valence-corrected chi connectivity index (χ3v) is 6.48. The molecule has 0 aliphatic heterocycles. The predicted molar refractivity (Wildman–Crippen MR) is 116 cm³/mol. The van der Waals surface area contributed by atoms with Crippen molar-refractivity contribution in [1.29, 1.82) is 0 Å². The minimum Gasteiger partial charge on any atom is -0.497 e. The third kappa shape index (κ3) is 7.13. The number of hydrogen-bond acceptors (Lipinski definition) is 4. The van der Waals surface area contributed by atoms with E-state index in [9.17, 15) is 13.8 Å². The summed E-state index contributed by atoms with van der Waals surface area (Å²) in [6, 6.07) is 15.8. The van der Waals surface area contributed by atoms with Crippen molar-refractivity contribution < 1.29 is 18.5 Å². The van der Waals surface area contributed by atoms with Gasteiger partial charge in [0.15, 0.2) is 0 Å². The average Bonchev–Trinajstić information content (AvgIpc) is 2.73. The first kappa shape index (κ1) is 22.8. The van der Waals surface area contributed by atoms with Gasteiger partial charge in [-0.05, 0) is 54.7 Å². The second-order valence-electron chi connectivity index (χ2n) is 7.37. The Morgan fingerprint density at radius 1 is 1.10 bits per heavy atom. The van der Waals surface area contributed by atoms with Crippen molar-refractivity contribution in [1.82, 2.24) is 5.32 Å². The van der Waals surface area contributed by atoms with Crippen molar-refractivity contribution >= 4 is 23.0 Å². The van der Waals surface area contributed by atoms with Crippen LogP contribution in [0.2, 0.25) is 0 Å². The molecule has 0 aromatic heterocycles. The molecule has 0 aliphatic carbocycles. The van der Waals surface area contributed by atoms with Crippen molar-refractivity contribution in [3.05, 3.63) is 60.2 Å². The van der Waals surface area contributed by atoms with Crippen LogP contribution in [-0.2, 0) is 15.6 Å². The van der Waals surface area contributed by atoms with Gasteiger partial charge < -0.3 is 14.8 Å². The molecule has 0 aliphatic rings. The third-order valence-electron chi connectivity index (χ3n) is 4.98. The zero-order chi connectivity index (χ0) is 21.2. The first-order valence-corrected chi connectivity index (χ1v) is 11.1. The first-order valence-electron chi connectivity index (χ1n) is 9.76. The highest BCUT2D eigenvalue weighted by molar-refractivity contribution is 7.85. The molecule has 0 saturated heterocycles. The number of ether oxygens (including phenoxy) is 1. The minimum atomic E-state index is -1.25. The van der Waals surface area contributed by atoms with Gasteiger partial charge in [-0.15, -0.1) is 0 Å². The van der Waals surface area contributed by atoms with Gasteiger partial charge >= 0.3 is 0 Å². The lowest BCUT2D eigenvalue weighted by atomic mass is 9.87. The Kier molecular flexibility index (Phi) is 9.06. The van der Waals surface area contributed by atoms with Gasteiger partial charge in [0.1, 0.15) is 12.0 Å². The standard InChI is InChI=1S/C23H29NO4S/c1-17(2)19(13-14-25)15-20(16-29(27)22-7-5-4-6-8-22)24-23(26)18-9-11-21(28-3)12-10-18/h4-12,14,17,19-20H,13,15-16H2,1-3H3,(H,24,26)/t19-,20+,29?/m0/s1. The summed E-state index contributed by atoms with van der Waals surface area (Å²) < 4.78 is 18.0. The van der Waals surface area contributed by atoms with Gasteiger partial charge in [-0.3, -0.25) is 9.00 Å². The Balaban J connectivity index is 2.16. The van der Waals surface area contributed by atoms with Crippen LogP contribution in [0.5, 0.6) is 5.75 Å². The molecule has 0 heterocycles. The molecule has 1 amide bonds. The number of nitrogens with one attached hydrogen (secondary N) is 1. The molecule has 2 aromatic carbocycles. The van der Waals surface area contributed by atoms with E-state index in [1.54, 1.807) is 31.4 Å². The van der Waals surface area contributed by atoms with Crippen LogP contribution in [0.1, 0.15) is 37.0 Å². The van der Waals surface area contributed by atoms with Crippen LogP contribution in [0.25, 0.3) is 0 Å². The molecule has 0 saturated carbocycles. The molecule has 1 unspecified atom stereocenters. The zero-order valence-electron chi connectivity index (χ0n) is 17.2. The van der Waals surface area contributed by atoms with Crippen LogP contribution in [0, 0.1) is 11.8 Å². The number of hydrogen-bond donors (Lipinski definition) is 1. The van der Waals surface area contributed by atoms with E-state index in [1.165, 1.54) is 0 Å². The first-order chi connectivity index (χ1) is 13.9. The number of benzene rings is 2. The van der Waals surface area contributed by atoms with E-state index in [4.69, 9.17) is 4.74 Å². The van der Waals surface area contributed by atoms with Gasteiger partial charge in [0, 0.05) is 28.7 Å². The molecule has 2 rings (SSSR count). The van der Waals surface area contributed by atoms with E-state index in [1.807, 2.05) is 30.3 Å². The Morgan fingerprint density at radius 3 is 2.31 bits per heavy atom. The van der Waals surface area contributed by atoms with Crippen molar-refractivity contribution in [2.45, 2.75) is 37.6 Å². The number of amides is 1. The van der Waals surface area contributed by atoms with Crippen molar-refractivity contribution in [2.75, 3.05) is 12.9 Å². The van der Waals surface area contributed by atoms with Crippen molar-refractivity contribution in [2.24, 2.45) is 11.8 Å². The molecule has 2 aromatic rings. The molecule has 3 atom stereocenters. The number of aldehydes is 1. The summed E-state index contributed by atoms with van der Waals surface area (Å²) in [6.45, 7) is 4.12. The summed E-state index contributed by atoms with van der Waals surface area (Å²) in [5, 5.41) is 3.03. The molecule has 156 valence electrons. The molecular weight excluding hydrogens is 386 g/mol. The van der Waals surface area contributed by atoms with Crippen LogP contribution in [0.3, 0.4) is 0 Å². The maximum atomic E-state index is 12.8. The van der Waals surface area contributed by atoms with Crippen LogP contribution >= 0.6 is 0 Å². The number of methoxy groups -OCH3 is 1. The smallest absolute Gasteiger partial charge is 0.251 e. The molecule has 6 heteroatoms. The van der Waals surface area contributed by atoms with Crippen LogP contribution in [0.15, 0.2) is 59.5 Å². The quantitative estimate of drug-likeness (QED) is 0.566. The number of carbonyl (C=O) groups is 2. The van der Waals surface area contributed by atoms with E-state index in [-0.39, 0.29) is 23.8 Å². The van der Waals surface area contributed by atoms with Gasteiger partial charge in [0.05, 0.1) is 17.9 Å². The van der Waals surface area contributed by atoms with E-state index < -0.39 is 10.8 Å². The van der Waals surface area contributed by atoms with Gasteiger partial charge in [-0.2, -0.15) is 0 Å². The summed E-state index contributed by atoms with van der Waals surface area (Å²) in [5.74, 6) is 1.14. The monoisotopic (exact) mass is 415 g/mol. The predicted octanol–water partition coefficient (Wildman–Crippen LogP) is 3.85. The lowest BCUT2D eigenvalue weighted by molar-refractivity contribution is -0.109. The molecule has 5 nitrogen and oxygen atoms in total. The Morgan fingerprint density at radius 2 is 1.76 bits per heavy atom. The van der Waals surface area contributed by atoms with E-state index in [0.717, 1.165) is 11.2 Å². The zero-order valence-corrected chi connectivity index (χ0v) is 18.0. The minimum absolute atomic E-state index is 0.112. The van der Waals surface area contributed by atoms with Gasteiger partial charge in [0.25, 0.3) is 5.91 Å². The fraction of sp³-hybridized carbons (Fsp3) is 0.391. The van der Waals surface area contributed by atoms with Crippen molar-refractivity contribution in [3.8, 4) is 5.75 Å². The molecule has 29 heavy (non-hydrogen) atoms.